The highest BCUT2D eigenvalue weighted by atomic mass is 16.2. The molecule has 2 aliphatic rings. The topological polar surface area (TPSA) is 69.3 Å². The van der Waals surface area contributed by atoms with Gasteiger partial charge in [0.1, 0.15) is 5.82 Å². The second-order valence-corrected chi connectivity index (χ2v) is 7.40. The van der Waals surface area contributed by atoms with Gasteiger partial charge in [-0.05, 0) is 37.0 Å². The number of carbonyl (C=O) groups is 2. The van der Waals surface area contributed by atoms with E-state index in [0.717, 1.165) is 61.2 Å². The summed E-state index contributed by atoms with van der Waals surface area (Å²) in [6, 6.07) is 5.99. The van der Waals surface area contributed by atoms with Crippen molar-refractivity contribution in [1.82, 2.24) is 19.8 Å². The van der Waals surface area contributed by atoms with Gasteiger partial charge in [-0.2, -0.15) is 0 Å². The molecule has 1 saturated carbocycles. The number of H-pyrrole nitrogens is 1. The van der Waals surface area contributed by atoms with E-state index in [2.05, 4.69) is 16.9 Å². The number of hydrogen-bond acceptors (Lipinski definition) is 3. The van der Waals surface area contributed by atoms with E-state index in [1.54, 1.807) is 0 Å². The van der Waals surface area contributed by atoms with E-state index in [4.69, 9.17) is 0 Å². The van der Waals surface area contributed by atoms with Crippen molar-refractivity contribution in [2.75, 3.05) is 26.2 Å². The summed E-state index contributed by atoms with van der Waals surface area (Å²) in [5.74, 6) is 1.65. The van der Waals surface area contributed by atoms with E-state index in [0.29, 0.717) is 19.5 Å². The molecule has 2 fully saturated rings. The first-order chi connectivity index (χ1) is 12.6. The molecule has 2 aromatic rings. The molecule has 0 atom stereocenters. The number of imidazole rings is 1. The number of amides is 2. The van der Waals surface area contributed by atoms with Gasteiger partial charge in [0.2, 0.25) is 11.8 Å². The van der Waals surface area contributed by atoms with Crippen LogP contribution in [0.4, 0.5) is 0 Å². The van der Waals surface area contributed by atoms with Gasteiger partial charge in [0.25, 0.3) is 0 Å². The Kier molecular flexibility index (Phi) is 4.66. The zero-order chi connectivity index (χ0) is 18.1. The Bertz CT molecular complexity index is 824. The van der Waals surface area contributed by atoms with Crippen molar-refractivity contribution in [2.24, 2.45) is 5.92 Å². The van der Waals surface area contributed by atoms with Crippen molar-refractivity contribution >= 4 is 22.8 Å². The largest absolute Gasteiger partial charge is 0.342 e. The number of rotatable bonds is 4. The Morgan fingerprint density at radius 3 is 2.69 bits per heavy atom. The first kappa shape index (κ1) is 17.1. The minimum Gasteiger partial charge on any atom is -0.342 e. The zero-order valence-electron chi connectivity index (χ0n) is 15.3. The number of fused-ring (bicyclic) bond motifs is 1. The Morgan fingerprint density at radius 1 is 1.15 bits per heavy atom. The van der Waals surface area contributed by atoms with Gasteiger partial charge in [-0.25, -0.2) is 4.98 Å². The number of hydrogen-bond donors (Lipinski definition) is 1. The van der Waals surface area contributed by atoms with Gasteiger partial charge in [-0.3, -0.25) is 9.59 Å². The van der Waals surface area contributed by atoms with E-state index in [1.165, 1.54) is 0 Å². The Hall–Kier alpha value is -2.37. The SMILES string of the molecule is CCc1nc2ccc(CC(=O)N3CCCN(C(=O)C4CC4)CC3)cc2[nH]1. The number of nitrogens with zero attached hydrogens (tertiary/aromatic N) is 3. The second-order valence-electron chi connectivity index (χ2n) is 7.40. The van der Waals surface area contributed by atoms with Gasteiger partial charge >= 0.3 is 0 Å². The van der Waals surface area contributed by atoms with Crippen molar-refractivity contribution < 1.29 is 9.59 Å². The normalized spacial score (nSPS) is 18.2. The fourth-order valence-corrected chi connectivity index (χ4v) is 3.65. The summed E-state index contributed by atoms with van der Waals surface area (Å²) in [5, 5.41) is 0. The third-order valence-electron chi connectivity index (χ3n) is 5.37. The molecule has 0 bridgehead atoms. The lowest BCUT2D eigenvalue weighted by atomic mass is 10.1. The first-order valence-electron chi connectivity index (χ1n) is 9.68. The second kappa shape index (κ2) is 7.09. The molecular formula is C20H26N4O2. The summed E-state index contributed by atoms with van der Waals surface area (Å²) in [6.45, 7) is 4.89. The molecule has 1 aliphatic carbocycles. The number of aromatic nitrogens is 2. The Balaban J connectivity index is 1.38. The molecule has 6 nitrogen and oxygen atoms in total. The number of aryl methyl sites for hydroxylation is 1. The molecule has 1 N–H and O–H groups in total. The van der Waals surface area contributed by atoms with Crippen molar-refractivity contribution in [2.45, 2.75) is 39.0 Å². The third-order valence-corrected chi connectivity index (χ3v) is 5.37. The Labute approximate surface area is 153 Å². The van der Waals surface area contributed by atoms with E-state index in [9.17, 15) is 9.59 Å². The predicted molar refractivity (Wildman–Crippen MR) is 99.7 cm³/mol. The molecule has 1 aromatic carbocycles. The predicted octanol–water partition coefficient (Wildman–Crippen LogP) is 2.14. The number of aromatic amines is 1. The Morgan fingerprint density at radius 2 is 1.92 bits per heavy atom. The fourth-order valence-electron chi connectivity index (χ4n) is 3.65. The number of carbonyl (C=O) groups excluding carboxylic acids is 2. The van der Waals surface area contributed by atoms with Crippen molar-refractivity contribution in [1.29, 1.82) is 0 Å². The van der Waals surface area contributed by atoms with Crippen LogP contribution in [0.15, 0.2) is 18.2 Å². The molecule has 0 radical (unpaired) electrons. The summed E-state index contributed by atoms with van der Waals surface area (Å²) in [7, 11) is 0. The summed E-state index contributed by atoms with van der Waals surface area (Å²) in [6.07, 6.45) is 4.20. The highest BCUT2D eigenvalue weighted by molar-refractivity contribution is 5.83. The van der Waals surface area contributed by atoms with E-state index < -0.39 is 0 Å². The lowest BCUT2D eigenvalue weighted by Crippen LogP contribution is -2.38. The zero-order valence-corrected chi connectivity index (χ0v) is 15.3. The van der Waals surface area contributed by atoms with Crippen LogP contribution in [0.3, 0.4) is 0 Å². The monoisotopic (exact) mass is 354 g/mol. The van der Waals surface area contributed by atoms with E-state index in [-0.39, 0.29) is 17.7 Å². The summed E-state index contributed by atoms with van der Waals surface area (Å²) < 4.78 is 0. The van der Waals surface area contributed by atoms with E-state index >= 15 is 0 Å². The van der Waals surface area contributed by atoms with Crippen LogP contribution in [0.25, 0.3) is 11.0 Å². The molecule has 2 heterocycles. The highest BCUT2D eigenvalue weighted by Crippen LogP contribution is 2.31. The maximum absolute atomic E-state index is 12.7. The van der Waals surface area contributed by atoms with Gasteiger partial charge in [0, 0.05) is 38.5 Å². The van der Waals surface area contributed by atoms with Crippen LogP contribution in [0.2, 0.25) is 0 Å². The van der Waals surface area contributed by atoms with Gasteiger partial charge in [0.15, 0.2) is 0 Å². The minimum absolute atomic E-state index is 0.139. The molecule has 2 amide bonds. The van der Waals surface area contributed by atoms with Crippen LogP contribution in [0.1, 0.15) is 37.6 Å². The molecule has 138 valence electrons. The average Bonchev–Trinajstić information content (AvgIpc) is 3.44. The maximum Gasteiger partial charge on any atom is 0.227 e. The van der Waals surface area contributed by atoms with Crippen LogP contribution >= 0.6 is 0 Å². The molecule has 1 aliphatic heterocycles. The lowest BCUT2D eigenvalue weighted by Gasteiger charge is -2.22. The van der Waals surface area contributed by atoms with Crippen molar-refractivity contribution in [3.63, 3.8) is 0 Å². The van der Waals surface area contributed by atoms with Gasteiger partial charge < -0.3 is 14.8 Å². The summed E-state index contributed by atoms with van der Waals surface area (Å²) in [4.78, 5) is 36.7. The summed E-state index contributed by atoms with van der Waals surface area (Å²) in [5.41, 5.74) is 2.94. The molecule has 4 rings (SSSR count). The average molecular weight is 354 g/mol. The van der Waals surface area contributed by atoms with Gasteiger partial charge in [-0.15, -0.1) is 0 Å². The molecule has 1 saturated heterocycles. The van der Waals surface area contributed by atoms with Gasteiger partial charge in [-0.1, -0.05) is 13.0 Å². The number of nitrogens with one attached hydrogen (secondary N) is 1. The van der Waals surface area contributed by atoms with Crippen LogP contribution in [-0.2, 0) is 22.4 Å². The molecule has 6 heteroatoms. The van der Waals surface area contributed by atoms with Crippen molar-refractivity contribution in [3.05, 3.63) is 29.6 Å². The third kappa shape index (κ3) is 3.59. The van der Waals surface area contributed by atoms with Crippen molar-refractivity contribution in [3.8, 4) is 0 Å². The van der Waals surface area contributed by atoms with E-state index in [1.807, 2.05) is 28.0 Å². The molecule has 0 unspecified atom stereocenters. The van der Waals surface area contributed by atoms with Gasteiger partial charge in [0.05, 0.1) is 17.5 Å². The minimum atomic E-state index is 0.139. The molecule has 26 heavy (non-hydrogen) atoms. The van der Waals surface area contributed by atoms with Crippen LogP contribution in [0, 0.1) is 5.92 Å². The fraction of sp³-hybridized carbons (Fsp3) is 0.550. The molecule has 0 spiro atoms. The quantitative estimate of drug-likeness (QED) is 0.914. The maximum atomic E-state index is 12.7. The van der Waals surface area contributed by atoms with Crippen LogP contribution in [-0.4, -0.2) is 57.8 Å². The summed E-state index contributed by atoms with van der Waals surface area (Å²) >= 11 is 0. The van der Waals surface area contributed by atoms with Crippen LogP contribution in [0.5, 0.6) is 0 Å². The highest BCUT2D eigenvalue weighted by Gasteiger charge is 2.34. The molecule has 1 aromatic heterocycles. The standard InChI is InChI=1S/C20H26N4O2/c1-2-18-21-16-7-4-14(12-17(16)22-18)13-19(25)23-8-3-9-24(11-10-23)20(26)15-5-6-15/h4,7,12,15H,2-3,5-6,8-11,13H2,1H3,(H,21,22). The van der Waals surface area contributed by atoms with Crippen LogP contribution < -0.4 is 0 Å². The molecular weight excluding hydrogens is 328 g/mol. The smallest absolute Gasteiger partial charge is 0.227 e. The lowest BCUT2D eigenvalue weighted by molar-refractivity contribution is -0.134. The number of benzene rings is 1. The first-order valence-corrected chi connectivity index (χ1v) is 9.68.